The number of alkyl halides is 3. The molecule has 1 rings (SSSR count). The number of aromatic carboxylic acids is 1. The van der Waals surface area contributed by atoms with Gasteiger partial charge in [0, 0.05) is 5.41 Å². The van der Waals surface area contributed by atoms with Gasteiger partial charge >= 0.3 is 12.1 Å². The number of rotatable bonds is 1. The van der Waals surface area contributed by atoms with Crippen molar-refractivity contribution in [2.75, 3.05) is 0 Å². The summed E-state index contributed by atoms with van der Waals surface area (Å²) in [6.45, 7) is 4.63. The summed E-state index contributed by atoms with van der Waals surface area (Å²) in [7, 11) is 0. The van der Waals surface area contributed by atoms with Gasteiger partial charge in [0.1, 0.15) is 5.56 Å². The molecule has 0 saturated carbocycles. The third kappa shape index (κ3) is 2.17. The van der Waals surface area contributed by atoms with E-state index < -0.39 is 28.8 Å². The number of hydrogen-bond acceptors (Lipinski definition) is 3. The van der Waals surface area contributed by atoms with Gasteiger partial charge in [-0.05, 0) is 0 Å². The fourth-order valence-corrected chi connectivity index (χ4v) is 1.19. The molecule has 0 aromatic carbocycles. The highest BCUT2D eigenvalue weighted by Crippen LogP contribution is 2.36. The topological polar surface area (TPSA) is 63.3 Å². The summed E-state index contributed by atoms with van der Waals surface area (Å²) in [4.78, 5) is 10.8. The van der Waals surface area contributed by atoms with E-state index in [9.17, 15) is 18.0 Å². The number of halogens is 3. The van der Waals surface area contributed by atoms with Crippen molar-refractivity contribution in [1.82, 2.24) is 5.16 Å². The van der Waals surface area contributed by atoms with E-state index in [-0.39, 0.29) is 5.76 Å². The van der Waals surface area contributed by atoms with Crippen LogP contribution < -0.4 is 0 Å². The third-order valence-corrected chi connectivity index (χ3v) is 1.86. The molecule has 0 spiro atoms. The minimum Gasteiger partial charge on any atom is -0.477 e. The molecular weight excluding hydrogens is 227 g/mol. The molecule has 90 valence electrons. The quantitative estimate of drug-likeness (QED) is 0.815. The molecule has 1 N–H and O–H groups in total. The van der Waals surface area contributed by atoms with E-state index in [2.05, 4.69) is 9.68 Å². The second-order valence-corrected chi connectivity index (χ2v) is 4.29. The van der Waals surface area contributed by atoms with Gasteiger partial charge in [-0.2, -0.15) is 13.2 Å². The lowest BCUT2D eigenvalue weighted by molar-refractivity contribution is -0.143. The van der Waals surface area contributed by atoms with Crippen molar-refractivity contribution >= 4 is 5.97 Å². The number of hydrogen-bond donors (Lipinski definition) is 1. The second-order valence-electron chi connectivity index (χ2n) is 4.29. The summed E-state index contributed by atoms with van der Waals surface area (Å²) in [5.41, 5.74) is -3.27. The Bertz CT molecular complexity index is 383. The van der Waals surface area contributed by atoms with E-state index in [1.54, 1.807) is 20.8 Å². The first-order chi connectivity index (χ1) is 7.05. The largest absolute Gasteiger partial charge is 0.477 e. The molecule has 0 radical (unpaired) electrons. The summed E-state index contributed by atoms with van der Waals surface area (Å²) in [5.74, 6) is -1.98. The summed E-state index contributed by atoms with van der Waals surface area (Å²) in [6.07, 6.45) is -4.83. The van der Waals surface area contributed by atoms with Crippen molar-refractivity contribution in [3.8, 4) is 0 Å². The Hall–Kier alpha value is -1.53. The molecule has 1 aromatic rings. The number of carboxylic acids is 1. The Labute approximate surface area is 89.0 Å². The van der Waals surface area contributed by atoms with Crippen LogP contribution in [0.3, 0.4) is 0 Å². The lowest BCUT2D eigenvalue weighted by Gasteiger charge is -2.14. The van der Waals surface area contributed by atoms with Crippen LogP contribution in [0.2, 0.25) is 0 Å². The third-order valence-electron chi connectivity index (χ3n) is 1.86. The molecule has 0 saturated heterocycles. The molecule has 0 aliphatic heterocycles. The second kappa shape index (κ2) is 3.50. The summed E-state index contributed by atoms with van der Waals surface area (Å²) < 4.78 is 41.8. The minimum atomic E-state index is -4.83. The molecule has 0 atom stereocenters. The van der Waals surface area contributed by atoms with Crippen molar-refractivity contribution in [1.29, 1.82) is 0 Å². The first-order valence-electron chi connectivity index (χ1n) is 4.35. The highest BCUT2D eigenvalue weighted by Gasteiger charge is 2.43. The maximum atomic E-state index is 12.4. The lowest BCUT2D eigenvalue weighted by atomic mass is 9.89. The van der Waals surface area contributed by atoms with Gasteiger partial charge in [0.15, 0.2) is 5.76 Å². The molecule has 0 amide bonds. The molecule has 16 heavy (non-hydrogen) atoms. The summed E-state index contributed by atoms with van der Waals surface area (Å²) in [6, 6.07) is 0. The first kappa shape index (κ1) is 12.5. The smallest absolute Gasteiger partial charge is 0.437 e. The van der Waals surface area contributed by atoms with Crippen LogP contribution in [0.4, 0.5) is 13.2 Å². The number of carbonyl (C=O) groups is 1. The fourth-order valence-electron chi connectivity index (χ4n) is 1.19. The Morgan fingerprint density at radius 1 is 1.31 bits per heavy atom. The molecule has 1 aromatic heterocycles. The molecule has 4 nitrogen and oxygen atoms in total. The molecule has 0 fully saturated rings. The minimum absolute atomic E-state index is 0.285. The van der Waals surface area contributed by atoms with Crippen LogP contribution in [0.1, 0.15) is 42.6 Å². The van der Waals surface area contributed by atoms with Gasteiger partial charge in [-0.1, -0.05) is 25.9 Å². The van der Waals surface area contributed by atoms with Crippen LogP contribution in [0.25, 0.3) is 0 Å². The zero-order valence-corrected chi connectivity index (χ0v) is 8.84. The predicted octanol–water partition coefficient (Wildman–Crippen LogP) is 2.69. The zero-order valence-electron chi connectivity index (χ0n) is 8.84. The average molecular weight is 237 g/mol. The monoisotopic (exact) mass is 237 g/mol. The van der Waals surface area contributed by atoms with Crippen LogP contribution in [0, 0.1) is 0 Å². The fraction of sp³-hybridized carbons (Fsp3) is 0.556. The van der Waals surface area contributed by atoms with Crippen molar-refractivity contribution < 1.29 is 27.6 Å². The molecule has 0 bridgehead atoms. The maximum absolute atomic E-state index is 12.4. The molecule has 0 aliphatic carbocycles. The van der Waals surface area contributed by atoms with Crippen LogP contribution in [-0.2, 0) is 11.6 Å². The van der Waals surface area contributed by atoms with Crippen molar-refractivity contribution in [2.45, 2.75) is 32.4 Å². The van der Waals surface area contributed by atoms with Crippen molar-refractivity contribution in [3.05, 3.63) is 17.0 Å². The Morgan fingerprint density at radius 3 is 2.12 bits per heavy atom. The van der Waals surface area contributed by atoms with Gasteiger partial charge in [-0.3, -0.25) is 0 Å². The average Bonchev–Trinajstić information content (AvgIpc) is 2.43. The molecule has 0 aliphatic rings. The van der Waals surface area contributed by atoms with E-state index in [0.29, 0.717) is 0 Å². The van der Waals surface area contributed by atoms with Crippen molar-refractivity contribution in [2.24, 2.45) is 0 Å². The SMILES string of the molecule is CC(C)(C)c1onc(C(F)(F)F)c1C(=O)O. The van der Waals surface area contributed by atoms with Crippen LogP contribution in [0.15, 0.2) is 4.52 Å². The summed E-state index contributed by atoms with van der Waals surface area (Å²) in [5, 5.41) is 11.6. The van der Waals surface area contributed by atoms with E-state index in [1.807, 2.05) is 0 Å². The Morgan fingerprint density at radius 2 is 1.81 bits per heavy atom. The van der Waals surface area contributed by atoms with Gasteiger partial charge in [0.2, 0.25) is 5.69 Å². The standard InChI is InChI=1S/C9H10F3NO3/c1-8(2,3)6-4(7(14)15)5(13-16-6)9(10,11)12/h1-3H3,(H,14,15). The molecule has 0 unspecified atom stereocenters. The zero-order chi connectivity index (χ0) is 12.7. The van der Waals surface area contributed by atoms with Gasteiger partial charge in [0.05, 0.1) is 0 Å². The lowest BCUT2D eigenvalue weighted by Crippen LogP contribution is -2.18. The summed E-state index contributed by atoms with van der Waals surface area (Å²) >= 11 is 0. The van der Waals surface area contributed by atoms with Gasteiger partial charge in [-0.25, -0.2) is 4.79 Å². The van der Waals surface area contributed by atoms with Gasteiger partial charge in [-0.15, -0.1) is 0 Å². The molecular formula is C9H10F3NO3. The number of nitrogens with zero attached hydrogens (tertiary/aromatic N) is 1. The normalized spacial score (nSPS) is 12.9. The van der Waals surface area contributed by atoms with Crippen LogP contribution in [-0.4, -0.2) is 16.2 Å². The van der Waals surface area contributed by atoms with Crippen LogP contribution >= 0.6 is 0 Å². The molecule has 1 heterocycles. The van der Waals surface area contributed by atoms with Crippen molar-refractivity contribution in [3.63, 3.8) is 0 Å². The number of aromatic nitrogens is 1. The van der Waals surface area contributed by atoms with E-state index in [4.69, 9.17) is 5.11 Å². The Kier molecular flexibility index (Phi) is 2.74. The number of carboxylic acid groups (broad SMARTS) is 1. The molecule has 7 heteroatoms. The van der Waals surface area contributed by atoms with Gasteiger partial charge < -0.3 is 9.63 Å². The van der Waals surface area contributed by atoms with E-state index >= 15 is 0 Å². The van der Waals surface area contributed by atoms with E-state index in [1.165, 1.54) is 0 Å². The van der Waals surface area contributed by atoms with Crippen LogP contribution in [0.5, 0.6) is 0 Å². The predicted molar refractivity (Wildman–Crippen MR) is 47.2 cm³/mol. The highest BCUT2D eigenvalue weighted by molar-refractivity contribution is 5.90. The highest BCUT2D eigenvalue weighted by atomic mass is 19.4. The first-order valence-corrected chi connectivity index (χ1v) is 4.35. The van der Waals surface area contributed by atoms with Gasteiger partial charge in [0.25, 0.3) is 0 Å². The Balaban J connectivity index is 3.47. The maximum Gasteiger partial charge on any atom is 0.437 e. The van der Waals surface area contributed by atoms with E-state index in [0.717, 1.165) is 0 Å².